The predicted molar refractivity (Wildman–Crippen MR) is 89.2 cm³/mol. The lowest BCUT2D eigenvalue weighted by atomic mass is 9.81. The monoisotopic (exact) mass is 317 g/mol. The lowest BCUT2D eigenvalue weighted by molar-refractivity contribution is -0.134. The Labute approximate surface area is 138 Å². The van der Waals surface area contributed by atoms with Gasteiger partial charge in [-0.2, -0.15) is 0 Å². The second kappa shape index (κ2) is 8.04. The number of hydrogen-bond acceptors (Lipinski definition) is 4. The normalized spacial score (nSPS) is 27.8. The number of ether oxygens (including phenoxy) is 2. The van der Waals surface area contributed by atoms with E-state index in [9.17, 15) is 4.79 Å². The Kier molecular flexibility index (Phi) is 5.81. The van der Waals surface area contributed by atoms with E-state index in [0.29, 0.717) is 37.5 Å². The summed E-state index contributed by atoms with van der Waals surface area (Å²) < 4.78 is 11.1. The zero-order valence-electron chi connectivity index (χ0n) is 13.9. The Balaban J connectivity index is 1.60. The first kappa shape index (κ1) is 16.6. The summed E-state index contributed by atoms with van der Waals surface area (Å²) in [6.07, 6.45) is 2.40. The Hall–Kier alpha value is -1.23. The van der Waals surface area contributed by atoms with Gasteiger partial charge in [0.25, 0.3) is 0 Å². The van der Waals surface area contributed by atoms with Crippen LogP contribution >= 0.6 is 0 Å². The molecule has 2 bridgehead atoms. The number of Topliss-reactive ketones (excluding diaryl/α,β-unsaturated/α-hetero) is 1. The molecule has 0 radical (unpaired) electrons. The highest BCUT2D eigenvalue weighted by Gasteiger charge is 2.40. The van der Waals surface area contributed by atoms with Crippen molar-refractivity contribution in [3.05, 3.63) is 35.9 Å². The van der Waals surface area contributed by atoms with Gasteiger partial charge in [0.2, 0.25) is 0 Å². The number of morpholine rings is 1. The molecule has 2 unspecified atom stereocenters. The van der Waals surface area contributed by atoms with Crippen molar-refractivity contribution in [3.63, 3.8) is 0 Å². The van der Waals surface area contributed by atoms with E-state index in [1.54, 1.807) is 0 Å². The molecule has 126 valence electrons. The van der Waals surface area contributed by atoms with Crippen molar-refractivity contribution < 1.29 is 14.3 Å². The maximum absolute atomic E-state index is 12.4. The van der Waals surface area contributed by atoms with Crippen LogP contribution < -0.4 is 0 Å². The Bertz CT molecular complexity index is 491. The molecule has 2 heterocycles. The zero-order valence-corrected chi connectivity index (χ0v) is 13.9. The van der Waals surface area contributed by atoms with Crippen LogP contribution in [0.25, 0.3) is 0 Å². The van der Waals surface area contributed by atoms with E-state index in [4.69, 9.17) is 9.47 Å². The molecule has 4 heteroatoms. The van der Waals surface area contributed by atoms with Crippen molar-refractivity contribution in [1.82, 2.24) is 4.90 Å². The van der Waals surface area contributed by atoms with Crippen molar-refractivity contribution in [2.24, 2.45) is 5.92 Å². The second-order valence-electron chi connectivity index (χ2n) is 6.58. The minimum Gasteiger partial charge on any atom is -0.381 e. The van der Waals surface area contributed by atoms with Crippen LogP contribution in [0, 0.1) is 5.92 Å². The second-order valence-corrected chi connectivity index (χ2v) is 6.58. The van der Waals surface area contributed by atoms with E-state index in [1.165, 1.54) is 5.56 Å². The van der Waals surface area contributed by atoms with Gasteiger partial charge in [-0.15, -0.1) is 0 Å². The number of ketones is 1. The van der Waals surface area contributed by atoms with E-state index in [0.717, 1.165) is 32.6 Å². The summed E-state index contributed by atoms with van der Waals surface area (Å²) in [4.78, 5) is 15.0. The molecule has 2 atom stereocenters. The van der Waals surface area contributed by atoms with Crippen LogP contribution in [0.4, 0.5) is 0 Å². The molecule has 2 saturated heterocycles. The summed E-state index contributed by atoms with van der Waals surface area (Å²) in [5.41, 5.74) is 1.34. The van der Waals surface area contributed by atoms with Gasteiger partial charge < -0.3 is 9.47 Å². The van der Waals surface area contributed by atoms with Crippen LogP contribution in [-0.4, -0.2) is 49.2 Å². The molecule has 23 heavy (non-hydrogen) atoms. The van der Waals surface area contributed by atoms with E-state index in [-0.39, 0.29) is 5.92 Å². The number of hydrogen-bond donors (Lipinski definition) is 0. The van der Waals surface area contributed by atoms with E-state index < -0.39 is 0 Å². The van der Waals surface area contributed by atoms with Crippen LogP contribution in [0.1, 0.15) is 31.7 Å². The zero-order chi connectivity index (χ0) is 16.1. The fourth-order valence-corrected chi connectivity index (χ4v) is 3.83. The SMILES string of the molecule is CCOCCC(=O)C1CC2COCC(C1)N2Cc1ccccc1. The Morgan fingerprint density at radius 1 is 1.22 bits per heavy atom. The van der Waals surface area contributed by atoms with E-state index in [2.05, 4.69) is 35.2 Å². The molecule has 0 N–H and O–H groups in total. The minimum atomic E-state index is 0.182. The molecule has 0 amide bonds. The molecule has 1 aromatic carbocycles. The molecular formula is C19H27NO3. The average molecular weight is 317 g/mol. The van der Waals surface area contributed by atoms with Gasteiger partial charge in [0.15, 0.2) is 0 Å². The summed E-state index contributed by atoms with van der Waals surface area (Å²) in [5.74, 6) is 0.552. The van der Waals surface area contributed by atoms with Gasteiger partial charge >= 0.3 is 0 Å². The summed E-state index contributed by atoms with van der Waals surface area (Å²) in [5, 5.41) is 0. The molecule has 0 aromatic heterocycles. The van der Waals surface area contributed by atoms with Crippen LogP contribution in [0.3, 0.4) is 0 Å². The molecule has 3 rings (SSSR count). The molecule has 2 aliphatic heterocycles. The number of rotatable bonds is 7. The highest BCUT2D eigenvalue weighted by Crippen LogP contribution is 2.33. The number of carbonyl (C=O) groups excluding carboxylic acids is 1. The van der Waals surface area contributed by atoms with Gasteiger partial charge in [0.1, 0.15) is 5.78 Å². The number of fused-ring (bicyclic) bond motifs is 2. The Morgan fingerprint density at radius 2 is 1.91 bits per heavy atom. The quantitative estimate of drug-likeness (QED) is 0.725. The third-order valence-electron chi connectivity index (χ3n) is 5.03. The van der Waals surface area contributed by atoms with Crippen LogP contribution in [0.5, 0.6) is 0 Å². The summed E-state index contributed by atoms with van der Waals surface area (Å²) in [6, 6.07) is 11.3. The highest BCUT2D eigenvalue weighted by atomic mass is 16.5. The lowest BCUT2D eigenvalue weighted by Gasteiger charge is -2.48. The van der Waals surface area contributed by atoms with Gasteiger partial charge in [0.05, 0.1) is 19.8 Å². The van der Waals surface area contributed by atoms with Crippen molar-refractivity contribution in [2.75, 3.05) is 26.4 Å². The maximum atomic E-state index is 12.4. The molecule has 2 fully saturated rings. The van der Waals surface area contributed by atoms with Crippen molar-refractivity contribution >= 4 is 5.78 Å². The van der Waals surface area contributed by atoms with Crippen LogP contribution in [0.15, 0.2) is 30.3 Å². The first-order valence-electron chi connectivity index (χ1n) is 8.75. The van der Waals surface area contributed by atoms with Gasteiger partial charge in [0, 0.05) is 37.6 Å². The van der Waals surface area contributed by atoms with Crippen molar-refractivity contribution in [1.29, 1.82) is 0 Å². The molecule has 2 aliphatic rings. The molecule has 0 aliphatic carbocycles. The first-order chi connectivity index (χ1) is 11.3. The highest BCUT2D eigenvalue weighted by molar-refractivity contribution is 5.81. The fourth-order valence-electron chi connectivity index (χ4n) is 3.83. The third kappa shape index (κ3) is 4.19. The standard InChI is InChI=1S/C19H27NO3/c1-2-22-9-8-19(21)16-10-17-13-23-14-18(11-16)20(17)12-15-6-4-3-5-7-15/h3-7,16-18H,2,8-14H2,1H3. The van der Waals surface area contributed by atoms with Crippen molar-refractivity contribution in [2.45, 2.75) is 44.8 Å². The molecule has 4 nitrogen and oxygen atoms in total. The number of piperidine rings is 1. The summed E-state index contributed by atoms with van der Waals surface area (Å²) in [7, 11) is 0. The van der Waals surface area contributed by atoms with Crippen LogP contribution in [-0.2, 0) is 20.8 Å². The van der Waals surface area contributed by atoms with Crippen molar-refractivity contribution in [3.8, 4) is 0 Å². The fraction of sp³-hybridized carbons (Fsp3) is 0.632. The average Bonchev–Trinajstić information content (AvgIpc) is 2.55. The third-order valence-corrected chi connectivity index (χ3v) is 5.03. The predicted octanol–water partition coefficient (Wildman–Crippen LogP) is 2.66. The van der Waals surface area contributed by atoms with E-state index in [1.807, 2.05) is 6.92 Å². The van der Waals surface area contributed by atoms with Crippen LogP contribution in [0.2, 0.25) is 0 Å². The van der Waals surface area contributed by atoms with Gasteiger partial charge in [-0.3, -0.25) is 9.69 Å². The molecule has 1 aromatic rings. The lowest BCUT2D eigenvalue weighted by Crippen LogP contribution is -2.57. The number of carbonyl (C=O) groups is 1. The topological polar surface area (TPSA) is 38.8 Å². The maximum Gasteiger partial charge on any atom is 0.138 e. The van der Waals surface area contributed by atoms with Gasteiger partial charge in [-0.25, -0.2) is 0 Å². The minimum absolute atomic E-state index is 0.182. The first-order valence-corrected chi connectivity index (χ1v) is 8.75. The molecule has 0 spiro atoms. The molecular weight excluding hydrogens is 290 g/mol. The summed E-state index contributed by atoms with van der Waals surface area (Å²) in [6.45, 7) is 5.66. The van der Waals surface area contributed by atoms with Gasteiger partial charge in [-0.1, -0.05) is 30.3 Å². The number of nitrogens with zero attached hydrogens (tertiary/aromatic N) is 1. The molecule has 0 saturated carbocycles. The summed E-state index contributed by atoms with van der Waals surface area (Å²) >= 11 is 0. The smallest absolute Gasteiger partial charge is 0.138 e. The largest absolute Gasteiger partial charge is 0.381 e. The van der Waals surface area contributed by atoms with Gasteiger partial charge in [-0.05, 0) is 25.3 Å². The number of benzene rings is 1. The van der Waals surface area contributed by atoms with E-state index >= 15 is 0 Å². The Morgan fingerprint density at radius 3 is 2.57 bits per heavy atom.